The first kappa shape index (κ1) is 14.9. The van der Waals surface area contributed by atoms with Gasteiger partial charge in [-0.3, -0.25) is 4.79 Å². The van der Waals surface area contributed by atoms with Crippen molar-refractivity contribution in [2.45, 2.75) is 38.8 Å². The third-order valence-electron chi connectivity index (χ3n) is 2.48. The SMILES string of the molecule is COC(=O)Cc1cn(COCC[Si](C)(C)C)cn1. The van der Waals surface area contributed by atoms with Crippen molar-refractivity contribution in [3.63, 3.8) is 0 Å². The first-order chi connectivity index (χ1) is 8.40. The summed E-state index contributed by atoms with van der Waals surface area (Å²) in [6, 6.07) is 1.15. The van der Waals surface area contributed by atoms with Crippen molar-refractivity contribution in [2.75, 3.05) is 13.7 Å². The summed E-state index contributed by atoms with van der Waals surface area (Å²) in [6.07, 6.45) is 3.69. The number of ether oxygens (including phenoxy) is 2. The molecule has 0 saturated carbocycles. The number of nitrogens with zero attached hydrogens (tertiary/aromatic N) is 2. The minimum atomic E-state index is -1.03. The van der Waals surface area contributed by atoms with E-state index in [0.717, 1.165) is 12.7 Å². The molecule has 102 valence electrons. The van der Waals surface area contributed by atoms with E-state index in [1.807, 2.05) is 10.8 Å². The van der Waals surface area contributed by atoms with Crippen LogP contribution in [0, 0.1) is 0 Å². The van der Waals surface area contributed by atoms with Crippen LogP contribution >= 0.6 is 0 Å². The van der Waals surface area contributed by atoms with E-state index in [1.165, 1.54) is 7.11 Å². The molecule has 0 unspecified atom stereocenters. The van der Waals surface area contributed by atoms with Crippen LogP contribution in [0.3, 0.4) is 0 Å². The van der Waals surface area contributed by atoms with Gasteiger partial charge in [-0.1, -0.05) is 19.6 Å². The monoisotopic (exact) mass is 270 g/mol. The van der Waals surface area contributed by atoms with Crippen LogP contribution in [0.15, 0.2) is 12.5 Å². The third kappa shape index (κ3) is 5.97. The van der Waals surface area contributed by atoms with Crippen molar-refractivity contribution in [1.82, 2.24) is 9.55 Å². The predicted octanol–water partition coefficient (Wildman–Crippen LogP) is 1.91. The molecule has 1 aromatic rings. The molecule has 0 bridgehead atoms. The molecule has 0 aliphatic carbocycles. The van der Waals surface area contributed by atoms with Gasteiger partial charge in [0.15, 0.2) is 0 Å². The lowest BCUT2D eigenvalue weighted by molar-refractivity contribution is -0.139. The highest BCUT2D eigenvalue weighted by Crippen LogP contribution is 2.08. The maximum atomic E-state index is 11.1. The summed E-state index contributed by atoms with van der Waals surface area (Å²) in [5.41, 5.74) is 0.704. The van der Waals surface area contributed by atoms with Crippen LogP contribution in [0.5, 0.6) is 0 Å². The Hall–Kier alpha value is -1.14. The molecule has 0 atom stereocenters. The maximum absolute atomic E-state index is 11.1. The maximum Gasteiger partial charge on any atom is 0.311 e. The van der Waals surface area contributed by atoms with Gasteiger partial charge in [0, 0.05) is 20.9 Å². The molecule has 0 fully saturated rings. The average Bonchev–Trinajstić information content (AvgIpc) is 2.71. The molecule has 1 aromatic heterocycles. The highest BCUT2D eigenvalue weighted by atomic mass is 28.3. The van der Waals surface area contributed by atoms with Crippen molar-refractivity contribution in [2.24, 2.45) is 0 Å². The zero-order valence-electron chi connectivity index (χ0n) is 11.6. The van der Waals surface area contributed by atoms with Crippen LogP contribution in [0.4, 0.5) is 0 Å². The number of methoxy groups -OCH3 is 1. The molecular formula is C12H22N2O3Si. The smallest absolute Gasteiger partial charge is 0.311 e. The van der Waals surface area contributed by atoms with Crippen LogP contribution in [0.25, 0.3) is 0 Å². The Morgan fingerprint density at radius 1 is 1.44 bits per heavy atom. The number of hydrogen-bond donors (Lipinski definition) is 0. The van der Waals surface area contributed by atoms with Crippen molar-refractivity contribution >= 4 is 14.0 Å². The molecule has 5 nitrogen and oxygen atoms in total. The normalized spacial score (nSPS) is 11.6. The average molecular weight is 270 g/mol. The minimum absolute atomic E-state index is 0.207. The zero-order chi connectivity index (χ0) is 13.6. The van der Waals surface area contributed by atoms with Gasteiger partial charge < -0.3 is 14.0 Å². The number of aromatic nitrogens is 2. The molecular weight excluding hydrogens is 248 g/mol. The van der Waals surface area contributed by atoms with Gasteiger partial charge in [0.25, 0.3) is 0 Å². The Labute approximate surface area is 109 Å². The van der Waals surface area contributed by atoms with E-state index in [0.29, 0.717) is 12.4 Å². The second-order valence-electron chi connectivity index (χ2n) is 5.48. The topological polar surface area (TPSA) is 53.4 Å². The standard InChI is InChI=1S/C12H22N2O3Si/c1-16-12(15)7-11-8-14(9-13-11)10-17-5-6-18(2,3)4/h8-9H,5-7,10H2,1-4H3. The Balaban J connectivity index is 2.29. The Morgan fingerprint density at radius 2 is 2.17 bits per heavy atom. The van der Waals surface area contributed by atoms with Gasteiger partial charge in [0.2, 0.25) is 0 Å². The Bertz CT molecular complexity index is 385. The Morgan fingerprint density at radius 3 is 2.78 bits per heavy atom. The first-order valence-corrected chi connectivity index (χ1v) is 9.76. The summed E-state index contributed by atoms with van der Waals surface area (Å²) in [4.78, 5) is 15.2. The zero-order valence-corrected chi connectivity index (χ0v) is 12.6. The van der Waals surface area contributed by atoms with Crippen molar-refractivity contribution in [3.8, 4) is 0 Å². The fourth-order valence-electron chi connectivity index (χ4n) is 1.34. The lowest BCUT2D eigenvalue weighted by atomic mass is 10.3. The van der Waals surface area contributed by atoms with E-state index in [9.17, 15) is 4.79 Å². The van der Waals surface area contributed by atoms with Crippen LogP contribution in [0.1, 0.15) is 5.69 Å². The molecule has 0 amide bonds. The molecule has 18 heavy (non-hydrogen) atoms. The van der Waals surface area contributed by atoms with E-state index < -0.39 is 8.07 Å². The van der Waals surface area contributed by atoms with Crippen molar-refractivity contribution in [1.29, 1.82) is 0 Å². The summed E-state index contributed by atoms with van der Waals surface area (Å²) in [5.74, 6) is -0.278. The number of carbonyl (C=O) groups excluding carboxylic acids is 1. The van der Waals surface area contributed by atoms with Gasteiger partial charge in [0.1, 0.15) is 6.73 Å². The summed E-state index contributed by atoms with van der Waals surface area (Å²) < 4.78 is 12.0. The summed E-state index contributed by atoms with van der Waals surface area (Å²) in [7, 11) is 0.346. The first-order valence-electron chi connectivity index (χ1n) is 6.06. The lowest BCUT2D eigenvalue weighted by Crippen LogP contribution is -2.21. The second kappa shape index (κ2) is 6.70. The molecule has 0 N–H and O–H groups in total. The molecule has 0 aromatic carbocycles. The number of hydrogen-bond acceptors (Lipinski definition) is 4. The summed E-state index contributed by atoms with van der Waals surface area (Å²) >= 11 is 0. The van der Waals surface area contributed by atoms with E-state index in [2.05, 4.69) is 29.4 Å². The van der Waals surface area contributed by atoms with Gasteiger partial charge in [-0.2, -0.15) is 0 Å². The van der Waals surface area contributed by atoms with Crippen LogP contribution in [-0.4, -0.2) is 37.3 Å². The molecule has 0 spiro atoms. The van der Waals surface area contributed by atoms with Gasteiger partial charge in [-0.15, -0.1) is 0 Å². The van der Waals surface area contributed by atoms with Gasteiger partial charge >= 0.3 is 5.97 Å². The largest absolute Gasteiger partial charge is 0.469 e. The molecule has 0 saturated heterocycles. The fourth-order valence-corrected chi connectivity index (χ4v) is 2.09. The minimum Gasteiger partial charge on any atom is -0.469 e. The molecule has 0 aliphatic rings. The Kier molecular flexibility index (Phi) is 5.55. The van der Waals surface area contributed by atoms with Crippen molar-refractivity contribution in [3.05, 3.63) is 18.2 Å². The molecule has 6 heteroatoms. The predicted molar refractivity (Wildman–Crippen MR) is 72.1 cm³/mol. The quantitative estimate of drug-likeness (QED) is 0.431. The number of imidazole rings is 1. The second-order valence-corrected chi connectivity index (χ2v) is 11.1. The van der Waals surface area contributed by atoms with E-state index in [4.69, 9.17) is 4.74 Å². The highest BCUT2D eigenvalue weighted by Gasteiger charge is 2.12. The fraction of sp³-hybridized carbons (Fsp3) is 0.667. The molecule has 1 rings (SSSR count). The van der Waals surface area contributed by atoms with Gasteiger partial charge in [-0.05, 0) is 6.04 Å². The van der Waals surface area contributed by atoms with Crippen molar-refractivity contribution < 1.29 is 14.3 Å². The third-order valence-corrected chi connectivity index (χ3v) is 4.18. The van der Waals surface area contributed by atoms with E-state index in [-0.39, 0.29) is 12.4 Å². The lowest BCUT2D eigenvalue weighted by Gasteiger charge is -2.15. The van der Waals surface area contributed by atoms with Crippen LogP contribution < -0.4 is 0 Å². The number of rotatable bonds is 7. The molecule has 0 aliphatic heterocycles. The molecule has 1 heterocycles. The summed E-state index contributed by atoms with van der Waals surface area (Å²) in [6.45, 7) is 8.23. The number of carbonyl (C=O) groups is 1. The van der Waals surface area contributed by atoms with Gasteiger partial charge in [-0.25, -0.2) is 4.98 Å². The van der Waals surface area contributed by atoms with Crippen LogP contribution in [-0.2, 0) is 27.4 Å². The molecule has 0 radical (unpaired) electrons. The van der Waals surface area contributed by atoms with E-state index in [1.54, 1.807) is 6.33 Å². The number of esters is 1. The van der Waals surface area contributed by atoms with Crippen LogP contribution in [0.2, 0.25) is 25.7 Å². The van der Waals surface area contributed by atoms with Gasteiger partial charge in [0.05, 0.1) is 25.6 Å². The van der Waals surface area contributed by atoms with E-state index >= 15 is 0 Å². The highest BCUT2D eigenvalue weighted by molar-refractivity contribution is 6.76. The summed E-state index contributed by atoms with van der Waals surface area (Å²) in [5, 5.41) is 0.